The lowest BCUT2D eigenvalue weighted by Gasteiger charge is -2.51. The van der Waals surface area contributed by atoms with Gasteiger partial charge in [0.2, 0.25) is 23.8 Å². The van der Waals surface area contributed by atoms with Crippen LogP contribution in [-0.2, 0) is 39.9 Å². The number of ketones is 2. The molecular formula is C35H47N5O14. The zero-order valence-electron chi connectivity index (χ0n) is 30.8. The van der Waals surface area contributed by atoms with Crippen molar-refractivity contribution >= 4 is 46.5 Å². The van der Waals surface area contributed by atoms with Crippen LogP contribution in [0.1, 0.15) is 38.3 Å². The van der Waals surface area contributed by atoms with Crippen LogP contribution in [0, 0.1) is 11.8 Å². The lowest BCUT2D eigenvalue weighted by molar-refractivity contribution is -0.287. The van der Waals surface area contributed by atoms with E-state index >= 15 is 0 Å². The monoisotopic (exact) mass is 761 g/mol. The molecule has 1 aromatic rings. The molecule has 4 aliphatic rings. The molecule has 11 N–H and O–H groups in total. The van der Waals surface area contributed by atoms with Crippen LogP contribution in [0.5, 0.6) is 5.75 Å². The number of nitrogens with two attached hydrogens (primary N) is 1. The minimum atomic E-state index is -3.04. The van der Waals surface area contributed by atoms with Crippen LogP contribution in [0.3, 0.4) is 0 Å². The number of hydrogen-bond acceptors (Lipinski definition) is 16. The molecule has 0 spiro atoms. The first-order chi connectivity index (χ1) is 24.9. The number of ether oxygens (including phenoxy) is 2. The smallest absolute Gasteiger partial charge is 0.335 e. The molecule has 19 nitrogen and oxygen atoms in total. The second kappa shape index (κ2) is 14.2. The van der Waals surface area contributed by atoms with Crippen molar-refractivity contribution in [2.45, 2.75) is 81.5 Å². The molecule has 0 radical (unpaired) electrons. The number of nitrogens with zero attached hydrogens (tertiary/aromatic N) is 2. The largest absolute Gasteiger partial charge is 0.507 e. The number of aliphatic hydroxyl groups is 5. The molecule has 296 valence electrons. The van der Waals surface area contributed by atoms with Crippen LogP contribution < -0.4 is 21.3 Å². The van der Waals surface area contributed by atoms with Gasteiger partial charge in [0.25, 0.3) is 5.91 Å². The van der Waals surface area contributed by atoms with Gasteiger partial charge in [-0.05, 0) is 65.3 Å². The number of hydrogen-bond donors (Lipinski definition) is 10. The molecule has 1 saturated heterocycles. The van der Waals surface area contributed by atoms with Crippen molar-refractivity contribution in [1.29, 1.82) is 0 Å². The summed E-state index contributed by atoms with van der Waals surface area (Å²) in [5.41, 5.74) is 1.28. The van der Waals surface area contributed by atoms with E-state index in [1.54, 1.807) is 19.0 Å². The Kier molecular flexibility index (Phi) is 10.7. The Bertz CT molecular complexity index is 1850. The van der Waals surface area contributed by atoms with Gasteiger partial charge in [0.05, 0.1) is 23.8 Å². The molecule has 1 aromatic carbocycles. The third-order valence-electron chi connectivity index (χ3n) is 10.3. The van der Waals surface area contributed by atoms with Gasteiger partial charge < -0.3 is 66.5 Å². The van der Waals surface area contributed by atoms with Crippen molar-refractivity contribution in [1.82, 2.24) is 10.2 Å². The molecule has 1 aliphatic heterocycles. The molecular weight excluding hydrogens is 714 g/mol. The molecule has 1 saturated carbocycles. The van der Waals surface area contributed by atoms with Gasteiger partial charge in [0.1, 0.15) is 41.2 Å². The topological polar surface area (TPSA) is 302 Å². The number of rotatable bonds is 9. The quantitative estimate of drug-likeness (QED) is 0.0719. The number of amides is 2. The van der Waals surface area contributed by atoms with Crippen LogP contribution >= 0.6 is 0 Å². The van der Waals surface area contributed by atoms with Crippen molar-refractivity contribution in [2.75, 3.05) is 45.0 Å². The van der Waals surface area contributed by atoms with Crippen LogP contribution in [0.15, 0.2) is 23.0 Å². The van der Waals surface area contributed by atoms with Crippen LogP contribution in [-0.4, -0.2) is 153 Å². The van der Waals surface area contributed by atoms with Gasteiger partial charge in [-0.3, -0.25) is 24.1 Å². The lowest BCUT2D eigenvalue weighted by Crippen LogP contribution is -2.68. The number of carbonyl (C=O) groups excluding carboxylic acids is 4. The van der Waals surface area contributed by atoms with E-state index in [0.29, 0.717) is 11.3 Å². The number of fused-ring (bicyclic) bond motifs is 3. The van der Waals surface area contributed by atoms with E-state index < -0.39 is 117 Å². The molecule has 2 fully saturated rings. The minimum absolute atomic E-state index is 0.0142. The fourth-order valence-electron chi connectivity index (χ4n) is 7.71. The first-order valence-corrected chi connectivity index (χ1v) is 17.1. The van der Waals surface area contributed by atoms with E-state index in [4.69, 9.17) is 15.2 Å². The number of aliphatic carboxylic acids is 1. The summed E-state index contributed by atoms with van der Waals surface area (Å²) in [6, 6.07) is 0.141. The Hall–Kier alpha value is -4.63. The standard InChI is InChI=1S/C35H47N5O14/c1-34(2,3)37-11-17(41)38-15-10-16(39(4)5)13-8-12-9-14-21(40(6)7)27(53-33-26(46)24(44)25(45)28(54-33)32(50)51)20(31(36)49)30(48)35(14,52)29(47)18(12)23(43)19(13)22(15)42/h10,12,14,21,24-26,28,33,37,42-46,52H,8-9,11H2,1-7H3,(H2,36,49)(H,38,41)(H,50,51)/t12-,14-,21-,24-,25-,26+,28-,33+,35-/m0/s1. The van der Waals surface area contributed by atoms with Crippen LogP contribution in [0.4, 0.5) is 11.4 Å². The molecule has 0 bridgehead atoms. The maximum atomic E-state index is 14.5. The minimum Gasteiger partial charge on any atom is -0.507 e. The maximum Gasteiger partial charge on any atom is 0.335 e. The SMILES string of the molecule is CN(C)c1cc(NC(=O)CNC(C)(C)C)c(O)c2c1C[C@H]1C[C@H]3[C@H](N(C)C)C(O[C@@H]4O[C@H](C(=O)O)[C@@H](O)[C@H](O)[C@H]4O)=C(C(N)=O)C(=O)[C@@]3(O)C(=O)C1=C2O. The summed E-state index contributed by atoms with van der Waals surface area (Å²) in [5.74, 6) is -10.8. The lowest BCUT2D eigenvalue weighted by atomic mass is 9.57. The molecule has 9 atom stereocenters. The Labute approximate surface area is 309 Å². The van der Waals surface area contributed by atoms with Crippen molar-refractivity contribution in [2.24, 2.45) is 17.6 Å². The average Bonchev–Trinajstić information content (AvgIpc) is 3.05. The van der Waals surface area contributed by atoms with Gasteiger partial charge in [0, 0.05) is 36.8 Å². The van der Waals surface area contributed by atoms with E-state index in [0.717, 1.165) is 0 Å². The second-order valence-electron chi connectivity index (χ2n) is 15.5. The molecule has 54 heavy (non-hydrogen) atoms. The Morgan fingerprint density at radius 1 is 1.04 bits per heavy atom. The number of phenols is 1. The summed E-state index contributed by atoms with van der Waals surface area (Å²) in [6.07, 6.45) is -10.7. The average molecular weight is 762 g/mol. The van der Waals surface area contributed by atoms with E-state index in [1.807, 2.05) is 20.8 Å². The van der Waals surface area contributed by atoms with E-state index in [2.05, 4.69) is 10.6 Å². The number of aliphatic hydroxyl groups excluding tert-OH is 4. The van der Waals surface area contributed by atoms with Crippen LogP contribution in [0.25, 0.3) is 5.76 Å². The number of aromatic hydroxyl groups is 1. The first-order valence-electron chi connectivity index (χ1n) is 17.1. The highest BCUT2D eigenvalue weighted by atomic mass is 16.7. The first kappa shape index (κ1) is 40.6. The third kappa shape index (κ3) is 6.69. The van der Waals surface area contributed by atoms with Gasteiger partial charge in [-0.2, -0.15) is 0 Å². The maximum absolute atomic E-state index is 14.5. The van der Waals surface area contributed by atoms with Gasteiger partial charge in [-0.15, -0.1) is 0 Å². The summed E-state index contributed by atoms with van der Waals surface area (Å²) in [5, 5.41) is 81.9. The predicted octanol–water partition coefficient (Wildman–Crippen LogP) is -2.29. The van der Waals surface area contributed by atoms with E-state index in [1.165, 1.54) is 25.1 Å². The zero-order valence-corrected chi connectivity index (χ0v) is 30.8. The number of phenolic OH excluding ortho intramolecular Hbond substituents is 1. The van der Waals surface area contributed by atoms with Gasteiger partial charge >= 0.3 is 5.97 Å². The van der Waals surface area contributed by atoms with Gasteiger partial charge in [-0.25, -0.2) is 4.79 Å². The number of carboxylic acids is 1. The second-order valence-corrected chi connectivity index (χ2v) is 15.5. The highest BCUT2D eigenvalue weighted by Crippen LogP contribution is 2.54. The molecule has 3 aliphatic carbocycles. The number of anilines is 2. The highest BCUT2D eigenvalue weighted by molar-refractivity contribution is 6.33. The Morgan fingerprint density at radius 2 is 1.67 bits per heavy atom. The van der Waals surface area contributed by atoms with Crippen molar-refractivity contribution in [3.05, 3.63) is 34.1 Å². The van der Waals surface area contributed by atoms with E-state index in [9.17, 15) is 59.7 Å². The molecule has 0 aromatic heterocycles. The fraction of sp³-hybridized carbons (Fsp3) is 0.571. The fourth-order valence-corrected chi connectivity index (χ4v) is 7.71. The molecule has 2 amide bonds. The predicted molar refractivity (Wildman–Crippen MR) is 188 cm³/mol. The summed E-state index contributed by atoms with van der Waals surface area (Å²) in [6.45, 7) is 5.46. The van der Waals surface area contributed by atoms with Crippen LogP contribution in [0.2, 0.25) is 0 Å². The summed E-state index contributed by atoms with van der Waals surface area (Å²) >= 11 is 0. The number of likely N-dealkylation sites (N-methyl/N-ethyl adjacent to an activating group) is 1. The number of carbonyl (C=O) groups is 5. The van der Waals surface area contributed by atoms with Crippen molar-refractivity contribution in [3.63, 3.8) is 0 Å². The Morgan fingerprint density at radius 3 is 2.20 bits per heavy atom. The summed E-state index contributed by atoms with van der Waals surface area (Å²) in [4.78, 5) is 69.4. The molecule has 19 heteroatoms. The Balaban J connectivity index is 1.63. The number of nitrogens with one attached hydrogen (secondary N) is 2. The summed E-state index contributed by atoms with van der Waals surface area (Å²) < 4.78 is 11.0. The number of primary amides is 1. The van der Waals surface area contributed by atoms with Gasteiger partial charge in [-0.1, -0.05) is 0 Å². The normalized spacial score (nSPS) is 31.1. The van der Waals surface area contributed by atoms with E-state index in [-0.39, 0.29) is 30.6 Å². The van der Waals surface area contributed by atoms with Crippen molar-refractivity contribution in [3.8, 4) is 5.75 Å². The summed E-state index contributed by atoms with van der Waals surface area (Å²) in [7, 11) is 6.29. The zero-order chi connectivity index (χ0) is 40.5. The number of carboxylic acid groups (broad SMARTS) is 1. The number of Topliss-reactive ketones (excluding diaryl/α,β-unsaturated/α-hetero) is 2. The highest BCUT2D eigenvalue weighted by Gasteiger charge is 2.66. The van der Waals surface area contributed by atoms with Gasteiger partial charge in [0.15, 0.2) is 11.7 Å². The van der Waals surface area contributed by atoms with Crippen molar-refractivity contribution < 1.29 is 69.2 Å². The molecule has 0 unspecified atom stereocenters. The third-order valence-corrected chi connectivity index (χ3v) is 10.3. The molecule has 1 heterocycles. The molecule has 5 rings (SSSR count). The number of benzene rings is 1.